The zero-order valence-electron chi connectivity index (χ0n) is 16.4. The van der Waals surface area contributed by atoms with E-state index in [2.05, 4.69) is 40.2 Å². The van der Waals surface area contributed by atoms with E-state index in [1.165, 1.54) is 5.56 Å². The summed E-state index contributed by atoms with van der Waals surface area (Å²) >= 11 is 0. The van der Waals surface area contributed by atoms with Crippen LogP contribution in [0.5, 0.6) is 0 Å². The van der Waals surface area contributed by atoms with Crippen LogP contribution in [0.1, 0.15) is 41.6 Å². The largest absolute Gasteiger partial charge is 0.375 e. The summed E-state index contributed by atoms with van der Waals surface area (Å²) in [6.07, 6.45) is 8.03. The first-order chi connectivity index (χ1) is 13.8. The molecule has 28 heavy (non-hydrogen) atoms. The van der Waals surface area contributed by atoms with Crippen molar-refractivity contribution in [1.82, 2.24) is 14.8 Å². The molecule has 2 aliphatic heterocycles. The number of rotatable bonds is 5. The number of carbonyl (C=O) groups is 1. The fourth-order valence-corrected chi connectivity index (χ4v) is 4.18. The van der Waals surface area contributed by atoms with E-state index < -0.39 is 0 Å². The predicted molar refractivity (Wildman–Crippen MR) is 109 cm³/mol. The molecule has 0 aliphatic carbocycles. The van der Waals surface area contributed by atoms with E-state index in [1.54, 1.807) is 12.4 Å². The summed E-state index contributed by atoms with van der Waals surface area (Å²) in [5, 5.41) is 0. The second kappa shape index (κ2) is 9.30. The summed E-state index contributed by atoms with van der Waals surface area (Å²) in [5.74, 6) is 0.0840. The molecule has 3 heterocycles. The first kappa shape index (κ1) is 19.1. The molecule has 0 saturated carbocycles. The van der Waals surface area contributed by atoms with Crippen LogP contribution in [0.3, 0.4) is 0 Å². The highest BCUT2D eigenvalue weighted by Crippen LogP contribution is 2.22. The summed E-state index contributed by atoms with van der Waals surface area (Å²) in [6.45, 7) is 4.76. The van der Waals surface area contributed by atoms with Crippen molar-refractivity contribution >= 4 is 5.91 Å². The Bertz CT molecular complexity index is 737. The zero-order valence-corrected chi connectivity index (χ0v) is 16.4. The van der Waals surface area contributed by atoms with Gasteiger partial charge >= 0.3 is 0 Å². The molecule has 148 valence electrons. The molecule has 2 aromatic rings. The maximum absolute atomic E-state index is 12.5. The highest BCUT2D eigenvalue weighted by Gasteiger charge is 2.27. The van der Waals surface area contributed by atoms with Crippen LogP contribution in [0.4, 0.5) is 0 Å². The molecule has 0 atom stereocenters. The molecule has 1 aromatic heterocycles. The van der Waals surface area contributed by atoms with Gasteiger partial charge in [-0.2, -0.15) is 0 Å². The lowest BCUT2D eigenvalue weighted by Gasteiger charge is -2.37. The van der Waals surface area contributed by atoms with E-state index in [9.17, 15) is 4.79 Å². The number of hydrogen-bond acceptors (Lipinski definition) is 4. The number of amides is 1. The predicted octanol–water partition coefficient (Wildman–Crippen LogP) is 3.37. The summed E-state index contributed by atoms with van der Waals surface area (Å²) < 4.78 is 6.39. The summed E-state index contributed by atoms with van der Waals surface area (Å²) in [7, 11) is 0. The van der Waals surface area contributed by atoms with Crippen molar-refractivity contribution in [3.8, 4) is 0 Å². The fourth-order valence-electron chi connectivity index (χ4n) is 4.18. The van der Waals surface area contributed by atoms with E-state index in [0.29, 0.717) is 11.7 Å². The van der Waals surface area contributed by atoms with Gasteiger partial charge in [0.1, 0.15) is 0 Å². The smallest absolute Gasteiger partial charge is 0.255 e. The molecule has 4 rings (SSSR count). The number of ether oxygens (including phenoxy) is 1. The molecular formula is C23H29N3O2. The third-order valence-corrected chi connectivity index (χ3v) is 5.81. The number of likely N-dealkylation sites (tertiary alicyclic amines) is 2. The number of aromatic nitrogens is 1. The minimum atomic E-state index is 0.0840. The first-order valence-electron chi connectivity index (χ1n) is 10.4. The van der Waals surface area contributed by atoms with Crippen molar-refractivity contribution in [2.75, 3.05) is 26.2 Å². The second-order valence-corrected chi connectivity index (χ2v) is 7.83. The third-order valence-electron chi connectivity index (χ3n) is 5.81. The number of benzene rings is 1. The molecule has 0 spiro atoms. The molecule has 2 saturated heterocycles. The zero-order chi connectivity index (χ0) is 19.2. The Morgan fingerprint density at radius 1 is 0.929 bits per heavy atom. The normalized spacial score (nSPS) is 19.6. The quantitative estimate of drug-likeness (QED) is 0.799. The molecule has 1 aromatic carbocycles. The summed E-state index contributed by atoms with van der Waals surface area (Å²) in [4.78, 5) is 21.0. The number of carbonyl (C=O) groups excluding carboxylic acids is 1. The summed E-state index contributed by atoms with van der Waals surface area (Å²) in [6, 6.07) is 14.3. The van der Waals surface area contributed by atoms with Gasteiger partial charge in [0.25, 0.3) is 5.91 Å². The molecule has 0 bridgehead atoms. The van der Waals surface area contributed by atoms with Crippen LogP contribution in [0, 0.1) is 0 Å². The highest BCUT2D eigenvalue weighted by atomic mass is 16.5. The number of pyridine rings is 1. The van der Waals surface area contributed by atoms with E-state index in [-0.39, 0.29) is 12.0 Å². The Balaban J connectivity index is 1.18. The van der Waals surface area contributed by atoms with Gasteiger partial charge in [-0.3, -0.25) is 14.7 Å². The van der Waals surface area contributed by atoms with Crippen molar-refractivity contribution in [3.63, 3.8) is 0 Å². The molecular weight excluding hydrogens is 350 g/mol. The Morgan fingerprint density at radius 2 is 1.61 bits per heavy atom. The average molecular weight is 380 g/mol. The SMILES string of the molecule is O=C(c1cccnc1)N1CCC(OC2CCN(Cc3ccccc3)CC2)CC1. The lowest BCUT2D eigenvalue weighted by atomic mass is 10.0. The van der Waals surface area contributed by atoms with Gasteiger partial charge in [0.05, 0.1) is 17.8 Å². The minimum absolute atomic E-state index is 0.0840. The Hall–Kier alpha value is -2.24. The third kappa shape index (κ3) is 4.97. The van der Waals surface area contributed by atoms with E-state index in [4.69, 9.17) is 4.74 Å². The Kier molecular flexibility index (Phi) is 6.34. The molecule has 2 fully saturated rings. The Morgan fingerprint density at radius 3 is 2.25 bits per heavy atom. The van der Waals surface area contributed by atoms with Gasteiger partial charge < -0.3 is 9.64 Å². The lowest BCUT2D eigenvalue weighted by Crippen LogP contribution is -2.43. The van der Waals surface area contributed by atoms with Gasteiger partial charge in [0, 0.05) is 45.1 Å². The summed E-state index contributed by atoms with van der Waals surface area (Å²) in [5.41, 5.74) is 2.06. The van der Waals surface area contributed by atoms with Gasteiger partial charge in [-0.25, -0.2) is 0 Å². The van der Waals surface area contributed by atoms with Gasteiger partial charge in [0.15, 0.2) is 0 Å². The minimum Gasteiger partial charge on any atom is -0.375 e. The molecule has 5 heteroatoms. The molecule has 2 aliphatic rings. The van der Waals surface area contributed by atoms with Crippen LogP contribution in [-0.2, 0) is 11.3 Å². The van der Waals surface area contributed by atoms with Crippen molar-refractivity contribution in [1.29, 1.82) is 0 Å². The van der Waals surface area contributed by atoms with Gasteiger partial charge in [-0.1, -0.05) is 30.3 Å². The number of piperidine rings is 2. The molecule has 0 unspecified atom stereocenters. The van der Waals surface area contributed by atoms with Crippen LogP contribution in [0.15, 0.2) is 54.9 Å². The Labute approximate surface area is 167 Å². The molecule has 1 amide bonds. The molecule has 0 N–H and O–H groups in total. The topological polar surface area (TPSA) is 45.7 Å². The van der Waals surface area contributed by atoms with Crippen molar-refractivity contribution in [2.45, 2.75) is 44.4 Å². The first-order valence-corrected chi connectivity index (χ1v) is 10.4. The lowest BCUT2D eigenvalue weighted by molar-refractivity contribution is -0.0629. The maximum atomic E-state index is 12.5. The average Bonchev–Trinajstić information content (AvgIpc) is 2.76. The maximum Gasteiger partial charge on any atom is 0.255 e. The van der Waals surface area contributed by atoms with Crippen LogP contribution < -0.4 is 0 Å². The van der Waals surface area contributed by atoms with Crippen LogP contribution in [0.25, 0.3) is 0 Å². The van der Waals surface area contributed by atoms with Crippen LogP contribution in [-0.4, -0.2) is 59.1 Å². The van der Waals surface area contributed by atoms with E-state index >= 15 is 0 Å². The van der Waals surface area contributed by atoms with Crippen LogP contribution in [0.2, 0.25) is 0 Å². The number of hydrogen-bond donors (Lipinski definition) is 0. The fraction of sp³-hybridized carbons (Fsp3) is 0.478. The molecule has 5 nitrogen and oxygen atoms in total. The van der Waals surface area contributed by atoms with E-state index in [0.717, 1.165) is 58.4 Å². The van der Waals surface area contributed by atoms with Crippen molar-refractivity contribution in [3.05, 3.63) is 66.0 Å². The van der Waals surface area contributed by atoms with Gasteiger partial charge in [-0.15, -0.1) is 0 Å². The van der Waals surface area contributed by atoms with E-state index in [1.807, 2.05) is 17.0 Å². The van der Waals surface area contributed by atoms with Gasteiger partial charge in [0.2, 0.25) is 0 Å². The van der Waals surface area contributed by atoms with Crippen molar-refractivity contribution in [2.24, 2.45) is 0 Å². The molecule has 0 radical (unpaired) electrons. The van der Waals surface area contributed by atoms with Gasteiger partial charge in [-0.05, 0) is 43.4 Å². The van der Waals surface area contributed by atoms with Crippen molar-refractivity contribution < 1.29 is 9.53 Å². The number of nitrogens with zero attached hydrogens (tertiary/aromatic N) is 3. The second-order valence-electron chi connectivity index (χ2n) is 7.83. The standard InChI is InChI=1S/C23H29N3O2/c27-23(20-7-4-12-24-17-20)26-15-10-22(11-16-26)28-21-8-13-25(14-9-21)18-19-5-2-1-3-6-19/h1-7,12,17,21-22H,8-11,13-16,18H2. The monoisotopic (exact) mass is 379 g/mol. The highest BCUT2D eigenvalue weighted by molar-refractivity contribution is 5.93. The van der Waals surface area contributed by atoms with Crippen LogP contribution >= 0.6 is 0 Å².